The first-order chi connectivity index (χ1) is 9.40. The van der Waals surface area contributed by atoms with Crippen LogP contribution in [0.5, 0.6) is 0 Å². The van der Waals surface area contributed by atoms with E-state index in [1.54, 1.807) is 6.92 Å². The second-order valence-electron chi connectivity index (χ2n) is 5.76. The summed E-state index contributed by atoms with van der Waals surface area (Å²) in [5.74, 6) is -0.0731. The molecule has 3 heteroatoms. The van der Waals surface area contributed by atoms with Crippen LogP contribution in [-0.2, 0) is 0 Å². The van der Waals surface area contributed by atoms with Crippen molar-refractivity contribution >= 4 is 16.7 Å². The van der Waals surface area contributed by atoms with E-state index in [1.165, 1.54) is 0 Å². The van der Waals surface area contributed by atoms with E-state index in [1.807, 2.05) is 56.3 Å². The van der Waals surface area contributed by atoms with Crippen molar-refractivity contribution in [2.45, 2.75) is 26.4 Å². The van der Waals surface area contributed by atoms with Crippen LogP contribution in [0.4, 0.5) is 0 Å². The van der Waals surface area contributed by atoms with Gasteiger partial charge in [-0.05, 0) is 35.7 Å². The van der Waals surface area contributed by atoms with E-state index >= 15 is 0 Å². The fourth-order valence-electron chi connectivity index (χ4n) is 1.90. The Labute approximate surface area is 119 Å². The Hall–Kier alpha value is -1.87. The molecule has 0 fully saturated rings. The topological polar surface area (TPSA) is 49.3 Å². The predicted octanol–water partition coefficient (Wildman–Crippen LogP) is 2.98. The second-order valence-corrected chi connectivity index (χ2v) is 5.76. The van der Waals surface area contributed by atoms with Crippen LogP contribution in [-0.4, -0.2) is 23.2 Å². The Bertz CT molecular complexity index is 617. The summed E-state index contributed by atoms with van der Waals surface area (Å²) in [5.41, 5.74) is -0.282. The molecule has 1 amide bonds. The Morgan fingerprint density at radius 2 is 1.85 bits per heavy atom. The number of hydrogen-bond acceptors (Lipinski definition) is 2. The third kappa shape index (κ3) is 3.17. The van der Waals surface area contributed by atoms with Crippen molar-refractivity contribution in [1.29, 1.82) is 0 Å². The molecule has 20 heavy (non-hydrogen) atoms. The van der Waals surface area contributed by atoms with Crippen LogP contribution in [0.15, 0.2) is 42.5 Å². The van der Waals surface area contributed by atoms with Gasteiger partial charge in [0.25, 0.3) is 5.91 Å². The first-order valence-electron chi connectivity index (χ1n) is 6.89. The number of rotatable bonds is 4. The molecule has 3 nitrogen and oxygen atoms in total. The van der Waals surface area contributed by atoms with Crippen molar-refractivity contribution in [1.82, 2.24) is 5.32 Å². The lowest BCUT2D eigenvalue weighted by atomic mass is 9.92. The maximum Gasteiger partial charge on any atom is 0.251 e. The van der Waals surface area contributed by atoms with E-state index in [-0.39, 0.29) is 18.4 Å². The molecule has 0 aliphatic heterocycles. The zero-order valence-electron chi connectivity index (χ0n) is 12.2. The summed E-state index contributed by atoms with van der Waals surface area (Å²) < 4.78 is 0. The zero-order valence-corrected chi connectivity index (χ0v) is 12.2. The molecule has 2 N–H and O–H groups in total. The molecule has 0 aliphatic carbocycles. The average molecular weight is 271 g/mol. The van der Waals surface area contributed by atoms with E-state index in [9.17, 15) is 9.90 Å². The lowest BCUT2D eigenvalue weighted by molar-refractivity contribution is 0.0142. The van der Waals surface area contributed by atoms with Gasteiger partial charge in [-0.2, -0.15) is 0 Å². The highest BCUT2D eigenvalue weighted by Gasteiger charge is 2.25. The fourth-order valence-corrected chi connectivity index (χ4v) is 1.90. The molecule has 0 aliphatic rings. The molecule has 106 valence electrons. The van der Waals surface area contributed by atoms with E-state index in [4.69, 9.17) is 0 Å². The van der Waals surface area contributed by atoms with Gasteiger partial charge in [0, 0.05) is 12.1 Å². The molecule has 0 bridgehead atoms. The number of amides is 1. The van der Waals surface area contributed by atoms with Crippen LogP contribution in [0.3, 0.4) is 0 Å². The van der Waals surface area contributed by atoms with Gasteiger partial charge in [0.2, 0.25) is 0 Å². The van der Waals surface area contributed by atoms with Crippen molar-refractivity contribution in [3.63, 3.8) is 0 Å². The third-order valence-electron chi connectivity index (χ3n) is 3.86. The maximum atomic E-state index is 12.1. The summed E-state index contributed by atoms with van der Waals surface area (Å²) in [6.07, 6.45) is 0. The number of fused-ring (bicyclic) bond motifs is 1. The maximum absolute atomic E-state index is 12.1. The first kappa shape index (κ1) is 14.5. The van der Waals surface area contributed by atoms with Gasteiger partial charge in [-0.3, -0.25) is 4.79 Å². The van der Waals surface area contributed by atoms with Crippen LogP contribution in [0, 0.1) is 5.92 Å². The first-order valence-corrected chi connectivity index (χ1v) is 6.89. The van der Waals surface area contributed by atoms with Crippen LogP contribution in [0.1, 0.15) is 31.1 Å². The van der Waals surface area contributed by atoms with Gasteiger partial charge < -0.3 is 10.4 Å². The van der Waals surface area contributed by atoms with E-state index in [0.29, 0.717) is 5.56 Å². The average Bonchev–Trinajstić information content (AvgIpc) is 2.44. The molecule has 0 saturated heterocycles. The van der Waals surface area contributed by atoms with Gasteiger partial charge in [0.1, 0.15) is 0 Å². The van der Waals surface area contributed by atoms with Gasteiger partial charge in [-0.1, -0.05) is 44.2 Å². The molecule has 1 unspecified atom stereocenters. The summed E-state index contributed by atoms with van der Waals surface area (Å²) in [6, 6.07) is 13.5. The SMILES string of the molecule is CC(C)C(C)(O)CNC(=O)c1ccc2ccccc2c1. The number of carbonyl (C=O) groups excluding carboxylic acids is 1. The Balaban J connectivity index is 2.12. The van der Waals surface area contributed by atoms with Gasteiger partial charge in [0.05, 0.1) is 5.60 Å². The molecule has 0 aromatic heterocycles. The highest BCUT2D eigenvalue weighted by atomic mass is 16.3. The summed E-state index contributed by atoms with van der Waals surface area (Å²) in [5, 5.41) is 15.1. The number of hydrogen-bond donors (Lipinski definition) is 2. The highest BCUT2D eigenvalue weighted by Crippen LogP contribution is 2.17. The molecule has 2 aromatic carbocycles. The van der Waals surface area contributed by atoms with Crippen LogP contribution >= 0.6 is 0 Å². The highest BCUT2D eigenvalue weighted by molar-refractivity contribution is 5.98. The molecule has 2 aromatic rings. The molecule has 0 heterocycles. The summed E-state index contributed by atoms with van der Waals surface area (Å²) >= 11 is 0. The molecule has 0 spiro atoms. The molecule has 2 rings (SSSR count). The normalized spacial score (nSPS) is 14.2. The number of benzene rings is 2. The standard InChI is InChI=1S/C17H21NO2/c1-12(2)17(3,20)11-18-16(19)15-9-8-13-6-4-5-7-14(13)10-15/h4-10,12,20H,11H2,1-3H3,(H,18,19). The van der Waals surface area contributed by atoms with Crippen LogP contribution in [0.25, 0.3) is 10.8 Å². The summed E-state index contributed by atoms with van der Waals surface area (Å²) in [7, 11) is 0. The lowest BCUT2D eigenvalue weighted by Gasteiger charge is -2.27. The number of carbonyl (C=O) groups is 1. The number of nitrogens with one attached hydrogen (secondary N) is 1. The minimum Gasteiger partial charge on any atom is -0.388 e. The van der Waals surface area contributed by atoms with E-state index in [2.05, 4.69) is 5.32 Å². The summed E-state index contributed by atoms with van der Waals surface area (Å²) in [4.78, 5) is 12.1. The van der Waals surface area contributed by atoms with Crippen LogP contribution < -0.4 is 5.32 Å². The molecule has 0 saturated carbocycles. The van der Waals surface area contributed by atoms with Crippen molar-refractivity contribution in [2.75, 3.05) is 6.54 Å². The molecular weight excluding hydrogens is 250 g/mol. The Kier molecular flexibility index (Phi) is 4.09. The summed E-state index contributed by atoms with van der Waals surface area (Å²) in [6.45, 7) is 5.85. The minimum absolute atomic E-state index is 0.0828. The van der Waals surface area contributed by atoms with E-state index in [0.717, 1.165) is 10.8 Å². The van der Waals surface area contributed by atoms with Crippen molar-refractivity contribution in [2.24, 2.45) is 5.92 Å². The predicted molar refractivity (Wildman–Crippen MR) is 81.7 cm³/mol. The van der Waals surface area contributed by atoms with Crippen LogP contribution in [0.2, 0.25) is 0 Å². The van der Waals surface area contributed by atoms with Crippen molar-refractivity contribution in [3.05, 3.63) is 48.0 Å². The zero-order chi connectivity index (χ0) is 14.8. The fraction of sp³-hybridized carbons (Fsp3) is 0.353. The van der Waals surface area contributed by atoms with Gasteiger partial charge >= 0.3 is 0 Å². The van der Waals surface area contributed by atoms with Gasteiger partial charge in [-0.15, -0.1) is 0 Å². The van der Waals surface area contributed by atoms with Crippen molar-refractivity contribution in [3.8, 4) is 0 Å². The molecular formula is C17H21NO2. The Morgan fingerprint density at radius 1 is 1.20 bits per heavy atom. The lowest BCUT2D eigenvalue weighted by Crippen LogP contribution is -2.44. The monoisotopic (exact) mass is 271 g/mol. The molecule has 0 radical (unpaired) electrons. The second kappa shape index (κ2) is 5.63. The smallest absolute Gasteiger partial charge is 0.251 e. The minimum atomic E-state index is -0.896. The Morgan fingerprint density at radius 3 is 2.50 bits per heavy atom. The van der Waals surface area contributed by atoms with Gasteiger partial charge in [-0.25, -0.2) is 0 Å². The quantitative estimate of drug-likeness (QED) is 0.898. The number of aliphatic hydroxyl groups is 1. The van der Waals surface area contributed by atoms with E-state index < -0.39 is 5.60 Å². The third-order valence-corrected chi connectivity index (χ3v) is 3.86. The van der Waals surface area contributed by atoms with Gasteiger partial charge in [0.15, 0.2) is 0 Å². The van der Waals surface area contributed by atoms with Crippen molar-refractivity contribution < 1.29 is 9.90 Å². The largest absolute Gasteiger partial charge is 0.388 e. The molecule has 1 atom stereocenters.